The minimum absolute atomic E-state index is 0.0433. The van der Waals surface area contributed by atoms with Crippen LogP contribution in [0.1, 0.15) is 39.5 Å². The number of carbonyl (C=O) groups excluding carboxylic acids is 1. The second kappa shape index (κ2) is 10.2. The predicted molar refractivity (Wildman–Crippen MR) is 106 cm³/mol. The first-order valence-corrected chi connectivity index (χ1v) is 9.38. The highest BCUT2D eigenvalue weighted by Gasteiger charge is 2.20. The number of anilines is 1. The fraction of sp³-hybridized carbons (Fsp3) is 0.571. The van der Waals surface area contributed by atoms with Crippen LogP contribution in [0.5, 0.6) is 11.5 Å². The first-order valence-electron chi connectivity index (χ1n) is 9.38. The molecule has 1 aliphatic heterocycles. The topological polar surface area (TPSA) is 50.8 Å². The molecule has 1 aromatic rings. The average molecular weight is 360 g/mol. The zero-order chi connectivity index (χ0) is 18.9. The van der Waals surface area contributed by atoms with Crippen molar-refractivity contribution in [3.63, 3.8) is 0 Å². The van der Waals surface area contributed by atoms with Crippen molar-refractivity contribution in [2.75, 3.05) is 39.2 Å². The van der Waals surface area contributed by atoms with Crippen molar-refractivity contribution in [2.45, 2.75) is 39.5 Å². The van der Waals surface area contributed by atoms with Gasteiger partial charge in [-0.25, -0.2) is 0 Å². The van der Waals surface area contributed by atoms with Crippen molar-refractivity contribution in [3.8, 4) is 11.5 Å². The Kier molecular flexibility index (Phi) is 7.98. The molecule has 1 amide bonds. The van der Waals surface area contributed by atoms with Gasteiger partial charge in [0.1, 0.15) is 11.5 Å². The number of rotatable bonds is 8. The SMILES string of the molecule is COc1cc(NC(=O)CCC2CCCN(CC=C(C)C)C2)cc(OC)c1. The van der Waals surface area contributed by atoms with Crippen LogP contribution in [0.4, 0.5) is 5.69 Å². The van der Waals surface area contributed by atoms with Crippen molar-refractivity contribution >= 4 is 11.6 Å². The Hall–Kier alpha value is -2.01. The Morgan fingerprint density at radius 3 is 2.54 bits per heavy atom. The maximum atomic E-state index is 12.3. The molecular formula is C21H32N2O3. The quantitative estimate of drug-likeness (QED) is 0.709. The fourth-order valence-corrected chi connectivity index (χ4v) is 3.30. The number of methoxy groups -OCH3 is 2. The highest BCUT2D eigenvalue weighted by molar-refractivity contribution is 5.91. The lowest BCUT2D eigenvalue weighted by atomic mass is 9.93. The van der Waals surface area contributed by atoms with Gasteiger partial charge >= 0.3 is 0 Å². The van der Waals surface area contributed by atoms with Crippen molar-refractivity contribution in [1.29, 1.82) is 0 Å². The summed E-state index contributed by atoms with van der Waals surface area (Å²) in [5.41, 5.74) is 2.07. The van der Waals surface area contributed by atoms with Gasteiger partial charge in [0.2, 0.25) is 5.91 Å². The summed E-state index contributed by atoms with van der Waals surface area (Å²) in [7, 11) is 3.20. The molecule has 1 unspecified atom stereocenters. The fourth-order valence-electron chi connectivity index (χ4n) is 3.30. The van der Waals surface area contributed by atoms with Gasteiger partial charge in [-0.2, -0.15) is 0 Å². The van der Waals surface area contributed by atoms with Gasteiger partial charge in [-0.1, -0.05) is 11.6 Å². The standard InChI is InChI=1S/C21H32N2O3/c1-16(2)9-11-23-10-5-6-17(15-23)7-8-21(24)22-18-12-19(25-3)14-20(13-18)26-4/h9,12-14,17H,5-8,10-11,15H2,1-4H3,(H,22,24). The summed E-state index contributed by atoms with van der Waals surface area (Å²) < 4.78 is 10.5. The number of amides is 1. The highest BCUT2D eigenvalue weighted by atomic mass is 16.5. The van der Waals surface area contributed by atoms with Gasteiger partial charge in [-0.05, 0) is 45.6 Å². The zero-order valence-electron chi connectivity index (χ0n) is 16.5. The summed E-state index contributed by atoms with van der Waals surface area (Å²) in [4.78, 5) is 14.8. The van der Waals surface area contributed by atoms with Crippen LogP contribution >= 0.6 is 0 Å². The highest BCUT2D eigenvalue weighted by Crippen LogP contribution is 2.26. The molecule has 1 atom stereocenters. The number of piperidine rings is 1. The number of benzene rings is 1. The lowest BCUT2D eigenvalue weighted by molar-refractivity contribution is -0.116. The van der Waals surface area contributed by atoms with Gasteiger partial charge in [0.25, 0.3) is 0 Å². The van der Waals surface area contributed by atoms with E-state index in [9.17, 15) is 4.79 Å². The summed E-state index contributed by atoms with van der Waals surface area (Å²) in [6, 6.07) is 5.41. The molecule has 1 fully saturated rings. The maximum absolute atomic E-state index is 12.3. The smallest absolute Gasteiger partial charge is 0.224 e. The Bertz CT molecular complexity index is 601. The summed E-state index contributed by atoms with van der Waals surface area (Å²) in [6.07, 6.45) is 6.19. The van der Waals surface area contributed by atoms with E-state index in [0.717, 1.165) is 26.1 Å². The van der Waals surface area contributed by atoms with Gasteiger partial charge in [-0.15, -0.1) is 0 Å². The summed E-state index contributed by atoms with van der Waals surface area (Å²) in [5, 5.41) is 2.96. The molecule has 1 aliphatic rings. The number of nitrogens with zero attached hydrogens (tertiary/aromatic N) is 1. The molecule has 5 nitrogen and oxygen atoms in total. The second-order valence-corrected chi connectivity index (χ2v) is 7.24. The van der Waals surface area contributed by atoms with Gasteiger partial charge in [0.05, 0.1) is 14.2 Å². The van der Waals surface area contributed by atoms with Crippen LogP contribution in [0.3, 0.4) is 0 Å². The first-order chi connectivity index (χ1) is 12.5. The Balaban J connectivity index is 1.82. The van der Waals surface area contributed by atoms with Crippen LogP contribution in [-0.4, -0.2) is 44.7 Å². The van der Waals surface area contributed by atoms with Gasteiger partial charge in [-0.3, -0.25) is 9.69 Å². The van der Waals surface area contributed by atoms with Crippen molar-refractivity contribution in [1.82, 2.24) is 4.90 Å². The monoisotopic (exact) mass is 360 g/mol. The normalized spacial score (nSPS) is 17.5. The van der Waals surface area contributed by atoms with Gasteiger partial charge < -0.3 is 14.8 Å². The van der Waals surface area contributed by atoms with Crippen LogP contribution in [0.25, 0.3) is 0 Å². The van der Waals surface area contributed by atoms with E-state index >= 15 is 0 Å². The first kappa shape index (κ1) is 20.3. The number of hydrogen-bond acceptors (Lipinski definition) is 4. The van der Waals surface area contributed by atoms with E-state index in [1.54, 1.807) is 20.3 Å². The third-order valence-electron chi connectivity index (χ3n) is 4.78. The molecular weight excluding hydrogens is 328 g/mol. The molecule has 26 heavy (non-hydrogen) atoms. The lowest BCUT2D eigenvalue weighted by Crippen LogP contribution is -2.35. The minimum atomic E-state index is 0.0433. The Labute approximate surface area is 157 Å². The van der Waals surface area contributed by atoms with Gasteiger partial charge in [0.15, 0.2) is 0 Å². The van der Waals surface area contributed by atoms with Crippen LogP contribution in [-0.2, 0) is 4.79 Å². The molecule has 0 bridgehead atoms. The molecule has 1 aromatic carbocycles. The average Bonchev–Trinajstić information content (AvgIpc) is 2.64. The molecule has 2 rings (SSSR count). The minimum Gasteiger partial charge on any atom is -0.497 e. The molecule has 5 heteroatoms. The van der Waals surface area contributed by atoms with Crippen LogP contribution in [0.2, 0.25) is 0 Å². The molecule has 144 valence electrons. The predicted octanol–water partition coefficient (Wildman–Crippen LogP) is 4.10. The molecule has 0 spiro atoms. The number of likely N-dealkylation sites (tertiary alicyclic amines) is 1. The molecule has 0 aromatic heterocycles. The molecule has 0 radical (unpaired) electrons. The summed E-state index contributed by atoms with van der Waals surface area (Å²) in [6.45, 7) is 7.55. The zero-order valence-corrected chi connectivity index (χ0v) is 16.5. The van der Waals surface area contributed by atoms with E-state index in [0.29, 0.717) is 29.5 Å². The summed E-state index contributed by atoms with van der Waals surface area (Å²) in [5.74, 6) is 1.98. The van der Waals surface area contributed by atoms with Crippen molar-refractivity contribution < 1.29 is 14.3 Å². The third-order valence-corrected chi connectivity index (χ3v) is 4.78. The Morgan fingerprint density at radius 1 is 1.23 bits per heavy atom. The van der Waals surface area contributed by atoms with E-state index in [1.165, 1.54) is 18.4 Å². The summed E-state index contributed by atoms with van der Waals surface area (Å²) >= 11 is 0. The largest absolute Gasteiger partial charge is 0.497 e. The van der Waals surface area contributed by atoms with E-state index in [1.807, 2.05) is 12.1 Å². The van der Waals surface area contributed by atoms with Crippen LogP contribution in [0, 0.1) is 5.92 Å². The number of carbonyl (C=O) groups is 1. The Morgan fingerprint density at radius 2 is 1.92 bits per heavy atom. The third kappa shape index (κ3) is 6.71. The molecule has 1 heterocycles. The molecule has 0 saturated carbocycles. The van der Waals surface area contributed by atoms with Crippen LogP contribution in [0.15, 0.2) is 29.8 Å². The number of nitrogens with one attached hydrogen (secondary N) is 1. The van der Waals surface area contributed by atoms with Crippen molar-refractivity contribution in [2.24, 2.45) is 5.92 Å². The van der Waals surface area contributed by atoms with Crippen molar-refractivity contribution in [3.05, 3.63) is 29.8 Å². The van der Waals surface area contributed by atoms with E-state index in [2.05, 4.69) is 30.1 Å². The number of ether oxygens (including phenoxy) is 2. The molecule has 1 N–H and O–H groups in total. The van der Waals surface area contributed by atoms with E-state index in [4.69, 9.17) is 9.47 Å². The van der Waals surface area contributed by atoms with Gasteiger partial charge in [0, 0.05) is 43.4 Å². The maximum Gasteiger partial charge on any atom is 0.224 e. The second-order valence-electron chi connectivity index (χ2n) is 7.24. The number of hydrogen-bond donors (Lipinski definition) is 1. The number of allylic oxidation sites excluding steroid dienone is 1. The van der Waals surface area contributed by atoms with Crippen LogP contribution < -0.4 is 14.8 Å². The molecule has 0 aliphatic carbocycles. The lowest BCUT2D eigenvalue weighted by Gasteiger charge is -2.32. The molecule has 1 saturated heterocycles. The van der Waals surface area contributed by atoms with E-state index in [-0.39, 0.29) is 5.91 Å². The van der Waals surface area contributed by atoms with E-state index < -0.39 is 0 Å².